The second-order valence-electron chi connectivity index (χ2n) is 5.41. The molecule has 1 aliphatic rings. The van der Waals surface area contributed by atoms with Crippen molar-refractivity contribution in [3.63, 3.8) is 0 Å². The van der Waals surface area contributed by atoms with Crippen LogP contribution < -0.4 is 0 Å². The van der Waals surface area contributed by atoms with Crippen LogP contribution in [-0.2, 0) is 9.53 Å². The molecule has 1 fully saturated rings. The highest BCUT2D eigenvalue weighted by atomic mass is 32.1. The van der Waals surface area contributed by atoms with Gasteiger partial charge in [-0.25, -0.2) is 0 Å². The van der Waals surface area contributed by atoms with Crippen LogP contribution in [0.3, 0.4) is 0 Å². The Morgan fingerprint density at radius 3 is 2.39 bits per heavy atom. The molecule has 3 rings (SSSR count). The summed E-state index contributed by atoms with van der Waals surface area (Å²) in [6.45, 7) is 2.32. The van der Waals surface area contributed by atoms with Crippen molar-refractivity contribution < 1.29 is 9.53 Å². The highest BCUT2D eigenvalue weighted by Crippen LogP contribution is 2.28. The van der Waals surface area contributed by atoms with Crippen LogP contribution in [0, 0.1) is 0 Å². The van der Waals surface area contributed by atoms with E-state index >= 15 is 0 Å². The lowest BCUT2D eigenvalue weighted by atomic mass is 10.1. The first-order chi connectivity index (χ1) is 11.2. The van der Waals surface area contributed by atoms with E-state index in [9.17, 15) is 4.79 Å². The van der Waals surface area contributed by atoms with Gasteiger partial charge in [0.05, 0.1) is 0 Å². The molecule has 3 nitrogen and oxygen atoms in total. The van der Waals surface area contributed by atoms with Crippen LogP contribution in [0.5, 0.6) is 0 Å². The van der Waals surface area contributed by atoms with Crippen LogP contribution in [0.15, 0.2) is 66.7 Å². The summed E-state index contributed by atoms with van der Waals surface area (Å²) in [5.41, 5.74) is 2.94. The highest BCUT2D eigenvalue weighted by molar-refractivity contribution is 7.80. The normalized spacial score (nSPS) is 18.0. The zero-order chi connectivity index (χ0) is 16.2. The van der Waals surface area contributed by atoms with E-state index < -0.39 is 0 Å². The predicted octanol–water partition coefficient (Wildman–Crippen LogP) is 3.97. The smallest absolute Gasteiger partial charge is 0.267 e. The summed E-state index contributed by atoms with van der Waals surface area (Å²) < 4.78 is 5.45. The van der Waals surface area contributed by atoms with E-state index in [0.29, 0.717) is 6.61 Å². The molecule has 2 aromatic rings. The van der Waals surface area contributed by atoms with Crippen molar-refractivity contribution in [2.75, 3.05) is 6.61 Å². The molecule has 0 spiro atoms. The Bertz CT molecular complexity index is 740. The fraction of sp³-hybridized carbons (Fsp3) is 0.158. The van der Waals surface area contributed by atoms with Gasteiger partial charge in [0.15, 0.2) is 0 Å². The van der Waals surface area contributed by atoms with Crippen molar-refractivity contribution in [1.82, 2.24) is 4.90 Å². The van der Waals surface area contributed by atoms with Crippen LogP contribution in [0.4, 0.5) is 0 Å². The topological polar surface area (TPSA) is 29.5 Å². The number of hydrogen-bond acceptors (Lipinski definition) is 3. The molecule has 116 valence electrons. The van der Waals surface area contributed by atoms with Crippen LogP contribution >= 0.6 is 12.2 Å². The molecule has 2 aromatic carbocycles. The summed E-state index contributed by atoms with van der Waals surface area (Å²) in [5, 5.41) is 0.237. The zero-order valence-electron chi connectivity index (χ0n) is 12.8. The first kappa shape index (κ1) is 15.4. The number of benzene rings is 2. The van der Waals surface area contributed by atoms with E-state index in [1.54, 1.807) is 11.0 Å². The largest absolute Gasteiger partial charge is 0.468 e. The van der Waals surface area contributed by atoms with Crippen molar-refractivity contribution in [2.24, 2.45) is 0 Å². The molecule has 1 atom stereocenters. The van der Waals surface area contributed by atoms with E-state index in [1.165, 1.54) is 0 Å². The number of hydrogen-bond donors (Lipinski definition) is 0. The molecule has 1 aliphatic heterocycles. The average Bonchev–Trinajstić information content (AvgIpc) is 2.98. The Hall–Kier alpha value is -2.46. The third-order valence-corrected chi connectivity index (χ3v) is 4.18. The minimum Gasteiger partial charge on any atom is -0.468 e. The lowest BCUT2D eigenvalue weighted by Gasteiger charge is -2.20. The Labute approximate surface area is 141 Å². The number of allylic oxidation sites excluding steroid dienone is 1. The minimum absolute atomic E-state index is 0.150. The Kier molecular flexibility index (Phi) is 4.53. The van der Waals surface area contributed by atoms with E-state index in [2.05, 4.69) is 0 Å². The first-order valence-corrected chi connectivity index (χ1v) is 7.86. The maximum Gasteiger partial charge on any atom is 0.267 e. The number of nitrogens with zero attached hydrogens (tertiary/aromatic N) is 1. The molecular formula is C19H17NO2S. The quantitative estimate of drug-likeness (QED) is 0.632. The standard InChI is InChI=1S/C19H17NO2S/c1-14(15-8-4-2-5-9-15)12-18(21)20-17(13-22-19(20)23)16-10-6-3-7-11-16/h2-12,17H,13H2,1H3/b14-12+/t17-/m0/s1. The third kappa shape index (κ3) is 3.32. The van der Waals surface area contributed by atoms with Crippen LogP contribution in [0.25, 0.3) is 5.57 Å². The van der Waals surface area contributed by atoms with Crippen molar-refractivity contribution in [1.29, 1.82) is 0 Å². The minimum atomic E-state index is -0.170. The van der Waals surface area contributed by atoms with Crippen LogP contribution in [0.1, 0.15) is 24.1 Å². The molecule has 0 radical (unpaired) electrons. The second kappa shape index (κ2) is 6.75. The zero-order valence-corrected chi connectivity index (χ0v) is 13.6. The molecule has 0 N–H and O–H groups in total. The van der Waals surface area contributed by atoms with Gasteiger partial charge < -0.3 is 4.74 Å². The maximum absolute atomic E-state index is 12.7. The number of thiocarbonyl (C=S) groups is 1. The number of carbonyl (C=O) groups excluding carboxylic acids is 1. The summed E-state index contributed by atoms with van der Waals surface area (Å²) >= 11 is 5.22. The molecule has 1 saturated heterocycles. The molecule has 23 heavy (non-hydrogen) atoms. The summed E-state index contributed by atoms with van der Waals surface area (Å²) in [7, 11) is 0. The fourth-order valence-electron chi connectivity index (χ4n) is 2.62. The van der Waals surface area contributed by atoms with Gasteiger partial charge in [0.1, 0.15) is 12.6 Å². The van der Waals surface area contributed by atoms with Crippen molar-refractivity contribution in [3.8, 4) is 0 Å². The number of amides is 1. The van der Waals surface area contributed by atoms with E-state index in [-0.39, 0.29) is 17.1 Å². The average molecular weight is 323 g/mol. The number of carbonyl (C=O) groups is 1. The Balaban J connectivity index is 1.86. The van der Waals surface area contributed by atoms with E-state index in [4.69, 9.17) is 17.0 Å². The lowest BCUT2D eigenvalue weighted by molar-refractivity contribution is -0.123. The SMILES string of the molecule is C/C(=C\C(=O)N1C(=S)OC[C@H]1c1ccccc1)c1ccccc1. The molecule has 1 heterocycles. The van der Waals surface area contributed by atoms with E-state index in [1.807, 2.05) is 67.6 Å². The van der Waals surface area contributed by atoms with Crippen molar-refractivity contribution >= 4 is 28.9 Å². The van der Waals surface area contributed by atoms with Crippen LogP contribution in [-0.4, -0.2) is 22.6 Å². The number of ether oxygens (including phenoxy) is 1. The summed E-state index contributed by atoms with van der Waals surface area (Å²) in [6.07, 6.45) is 1.62. The van der Waals surface area contributed by atoms with Crippen LogP contribution in [0.2, 0.25) is 0 Å². The van der Waals surface area contributed by atoms with Gasteiger partial charge >= 0.3 is 0 Å². The summed E-state index contributed by atoms with van der Waals surface area (Å²) in [4.78, 5) is 14.3. The van der Waals surface area contributed by atoms with Gasteiger partial charge in [-0.1, -0.05) is 60.7 Å². The lowest BCUT2D eigenvalue weighted by Crippen LogP contribution is -2.32. The van der Waals surface area contributed by atoms with Gasteiger partial charge in [-0.3, -0.25) is 9.69 Å². The van der Waals surface area contributed by atoms with Gasteiger partial charge in [0, 0.05) is 6.08 Å². The molecule has 0 aromatic heterocycles. The van der Waals surface area contributed by atoms with Gasteiger partial charge in [-0.15, -0.1) is 0 Å². The highest BCUT2D eigenvalue weighted by Gasteiger charge is 2.35. The van der Waals surface area contributed by atoms with Gasteiger partial charge in [0.25, 0.3) is 11.1 Å². The molecule has 1 amide bonds. The molecule has 0 saturated carbocycles. The molecule has 4 heteroatoms. The Morgan fingerprint density at radius 2 is 1.74 bits per heavy atom. The number of rotatable bonds is 3. The first-order valence-electron chi connectivity index (χ1n) is 7.45. The van der Waals surface area contributed by atoms with Gasteiger partial charge in [-0.05, 0) is 35.8 Å². The monoisotopic (exact) mass is 323 g/mol. The fourth-order valence-corrected chi connectivity index (χ4v) is 2.91. The maximum atomic E-state index is 12.7. The molecule has 0 unspecified atom stereocenters. The van der Waals surface area contributed by atoms with Gasteiger partial charge in [0.2, 0.25) is 0 Å². The predicted molar refractivity (Wildman–Crippen MR) is 94.7 cm³/mol. The summed E-state index contributed by atoms with van der Waals surface area (Å²) in [5.74, 6) is -0.150. The molecule has 0 aliphatic carbocycles. The second-order valence-corrected chi connectivity index (χ2v) is 5.75. The summed E-state index contributed by atoms with van der Waals surface area (Å²) in [6, 6.07) is 19.5. The Morgan fingerprint density at radius 1 is 1.13 bits per heavy atom. The van der Waals surface area contributed by atoms with E-state index in [0.717, 1.165) is 16.7 Å². The van der Waals surface area contributed by atoms with Crippen molar-refractivity contribution in [2.45, 2.75) is 13.0 Å². The molecule has 0 bridgehead atoms. The molecular weight excluding hydrogens is 306 g/mol. The van der Waals surface area contributed by atoms with Crippen molar-refractivity contribution in [3.05, 3.63) is 77.9 Å². The third-order valence-electron chi connectivity index (χ3n) is 3.86. The van der Waals surface area contributed by atoms with Gasteiger partial charge in [-0.2, -0.15) is 0 Å².